The highest BCUT2D eigenvalue weighted by molar-refractivity contribution is 5.91. The predicted molar refractivity (Wildman–Crippen MR) is 110 cm³/mol. The fraction of sp³-hybridized carbons (Fsp3) is 0.364. The first-order chi connectivity index (χ1) is 14.1. The molecule has 0 aliphatic carbocycles. The molecule has 0 saturated heterocycles. The second-order valence-electron chi connectivity index (χ2n) is 7.92. The molecular weight excluding hydrogens is 395 g/mol. The van der Waals surface area contributed by atoms with Crippen LogP contribution in [0.5, 0.6) is 0 Å². The molecule has 5 N–H and O–H groups in total. The summed E-state index contributed by atoms with van der Waals surface area (Å²) in [7, 11) is 0. The van der Waals surface area contributed by atoms with Crippen molar-refractivity contribution in [2.75, 3.05) is 13.1 Å². The SMILES string of the molecule is CC(C)(O)CCNC(O)NCCc1c(-c2ccc(F)cc2)[nH]c2c(F)cc(F)cc12. The monoisotopic (exact) mass is 421 g/mol. The van der Waals surface area contributed by atoms with E-state index in [4.69, 9.17) is 0 Å². The summed E-state index contributed by atoms with van der Waals surface area (Å²) in [5, 5.41) is 25.9. The lowest BCUT2D eigenvalue weighted by atomic mass is 10.0. The van der Waals surface area contributed by atoms with Crippen molar-refractivity contribution in [3.8, 4) is 11.3 Å². The third-order valence-corrected chi connectivity index (χ3v) is 4.85. The summed E-state index contributed by atoms with van der Waals surface area (Å²) in [6, 6.07) is 7.81. The van der Waals surface area contributed by atoms with Crippen molar-refractivity contribution in [1.82, 2.24) is 15.6 Å². The molecule has 0 aliphatic heterocycles. The molecule has 0 radical (unpaired) electrons. The molecule has 0 aliphatic rings. The molecule has 3 aromatic rings. The van der Waals surface area contributed by atoms with Crippen LogP contribution in [0.2, 0.25) is 0 Å². The van der Waals surface area contributed by atoms with E-state index in [0.717, 1.165) is 6.07 Å². The number of rotatable bonds is 9. The number of benzene rings is 2. The third-order valence-electron chi connectivity index (χ3n) is 4.85. The third kappa shape index (κ3) is 5.60. The van der Waals surface area contributed by atoms with Gasteiger partial charge >= 0.3 is 0 Å². The Bertz CT molecular complexity index is 998. The van der Waals surface area contributed by atoms with Gasteiger partial charge in [-0.25, -0.2) is 13.2 Å². The number of hydrogen-bond donors (Lipinski definition) is 5. The van der Waals surface area contributed by atoms with Crippen LogP contribution in [0.4, 0.5) is 13.2 Å². The number of hydrogen-bond acceptors (Lipinski definition) is 4. The molecule has 1 atom stereocenters. The lowest BCUT2D eigenvalue weighted by Gasteiger charge is -2.20. The van der Waals surface area contributed by atoms with Gasteiger partial charge in [-0.1, -0.05) is 0 Å². The molecule has 162 valence electrons. The van der Waals surface area contributed by atoms with Crippen LogP contribution in [0.3, 0.4) is 0 Å². The Labute approximate surface area is 172 Å². The Morgan fingerprint density at radius 3 is 2.33 bits per heavy atom. The molecule has 8 heteroatoms. The van der Waals surface area contributed by atoms with Crippen LogP contribution < -0.4 is 10.6 Å². The first-order valence-electron chi connectivity index (χ1n) is 9.77. The van der Waals surface area contributed by atoms with E-state index in [1.54, 1.807) is 26.0 Å². The molecular formula is C22H26F3N3O2. The minimum absolute atomic E-state index is 0.176. The standard InChI is InChI=1S/C22H26F3N3O2/c1-22(2,30)8-10-27-21(29)26-9-7-16-17-11-15(24)12-18(25)20(17)28-19(16)13-3-5-14(23)6-4-13/h3-6,11-12,21,26-30H,7-10H2,1-2H3. The largest absolute Gasteiger partial charge is 0.390 e. The first kappa shape index (κ1) is 22.3. The van der Waals surface area contributed by atoms with Gasteiger partial charge in [0.15, 0.2) is 6.35 Å². The zero-order valence-electron chi connectivity index (χ0n) is 16.9. The van der Waals surface area contributed by atoms with Crippen LogP contribution in [0.1, 0.15) is 25.8 Å². The van der Waals surface area contributed by atoms with E-state index >= 15 is 0 Å². The van der Waals surface area contributed by atoms with E-state index in [2.05, 4.69) is 15.6 Å². The highest BCUT2D eigenvalue weighted by Crippen LogP contribution is 2.32. The normalized spacial score (nSPS) is 13.2. The summed E-state index contributed by atoms with van der Waals surface area (Å²) in [6.07, 6.45) is -0.179. The summed E-state index contributed by atoms with van der Waals surface area (Å²) < 4.78 is 41.4. The Kier molecular flexibility index (Phi) is 6.82. The summed E-state index contributed by atoms with van der Waals surface area (Å²) in [5.74, 6) is -1.79. The topological polar surface area (TPSA) is 80.3 Å². The number of H-pyrrole nitrogens is 1. The number of aromatic nitrogens is 1. The molecule has 1 aromatic heterocycles. The van der Waals surface area contributed by atoms with Crippen molar-refractivity contribution in [2.45, 2.75) is 38.6 Å². The van der Waals surface area contributed by atoms with Crippen LogP contribution in [0.25, 0.3) is 22.2 Å². The summed E-state index contributed by atoms with van der Waals surface area (Å²) in [5.41, 5.74) is 1.21. The molecule has 0 spiro atoms. The van der Waals surface area contributed by atoms with E-state index in [0.29, 0.717) is 48.1 Å². The van der Waals surface area contributed by atoms with E-state index < -0.39 is 29.4 Å². The van der Waals surface area contributed by atoms with Gasteiger partial charge in [0, 0.05) is 30.2 Å². The molecule has 1 unspecified atom stereocenters. The molecule has 1 heterocycles. The van der Waals surface area contributed by atoms with Crippen molar-refractivity contribution >= 4 is 10.9 Å². The molecule has 5 nitrogen and oxygen atoms in total. The van der Waals surface area contributed by atoms with E-state index in [9.17, 15) is 23.4 Å². The van der Waals surface area contributed by atoms with Crippen LogP contribution in [-0.4, -0.2) is 40.2 Å². The molecule has 0 amide bonds. The molecule has 3 rings (SSSR count). The van der Waals surface area contributed by atoms with Gasteiger partial charge in [0.25, 0.3) is 0 Å². The molecule has 0 fully saturated rings. The van der Waals surface area contributed by atoms with Crippen LogP contribution in [0, 0.1) is 17.5 Å². The van der Waals surface area contributed by atoms with Crippen LogP contribution >= 0.6 is 0 Å². The van der Waals surface area contributed by atoms with Crippen molar-refractivity contribution in [2.24, 2.45) is 0 Å². The van der Waals surface area contributed by atoms with Crippen molar-refractivity contribution in [3.05, 3.63) is 59.4 Å². The zero-order chi connectivity index (χ0) is 21.9. The number of nitrogens with one attached hydrogen (secondary N) is 3. The van der Waals surface area contributed by atoms with Gasteiger partial charge < -0.3 is 15.2 Å². The first-order valence-corrected chi connectivity index (χ1v) is 9.77. The van der Waals surface area contributed by atoms with E-state index in [1.807, 2.05) is 0 Å². The molecule has 2 aromatic carbocycles. The second-order valence-corrected chi connectivity index (χ2v) is 7.92. The smallest absolute Gasteiger partial charge is 0.160 e. The number of aliphatic hydroxyl groups excluding tert-OH is 1. The maximum Gasteiger partial charge on any atom is 0.160 e. The van der Waals surface area contributed by atoms with Gasteiger partial charge in [-0.3, -0.25) is 10.6 Å². The number of fused-ring (bicyclic) bond motifs is 1. The van der Waals surface area contributed by atoms with Gasteiger partial charge in [0.1, 0.15) is 17.5 Å². The zero-order valence-corrected chi connectivity index (χ0v) is 16.9. The van der Waals surface area contributed by atoms with Crippen molar-refractivity contribution in [3.63, 3.8) is 0 Å². The van der Waals surface area contributed by atoms with Gasteiger partial charge in [-0.05, 0) is 68.1 Å². The minimum atomic E-state index is -1.000. The van der Waals surface area contributed by atoms with E-state index in [1.165, 1.54) is 18.2 Å². The minimum Gasteiger partial charge on any atom is -0.390 e. The molecule has 0 saturated carbocycles. The van der Waals surface area contributed by atoms with E-state index in [-0.39, 0.29) is 5.52 Å². The second kappa shape index (κ2) is 9.18. The van der Waals surface area contributed by atoms with Gasteiger partial charge in [-0.15, -0.1) is 0 Å². The highest BCUT2D eigenvalue weighted by Gasteiger charge is 2.18. The molecule has 30 heavy (non-hydrogen) atoms. The van der Waals surface area contributed by atoms with Crippen LogP contribution in [0.15, 0.2) is 36.4 Å². The van der Waals surface area contributed by atoms with Gasteiger partial charge in [0.05, 0.1) is 11.1 Å². The Hall–Kier alpha value is -2.39. The fourth-order valence-electron chi connectivity index (χ4n) is 3.32. The summed E-state index contributed by atoms with van der Waals surface area (Å²) in [4.78, 5) is 2.99. The average molecular weight is 421 g/mol. The quantitative estimate of drug-likeness (QED) is 0.343. The van der Waals surface area contributed by atoms with Gasteiger partial charge in [0.2, 0.25) is 0 Å². The Morgan fingerprint density at radius 2 is 1.67 bits per heavy atom. The number of aromatic amines is 1. The average Bonchev–Trinajstić information content (AvgIpc) is 3.00. The highest BCUT2D eigenvalue weighted by atomic mass is 19.1. The Balaban J connectivity index is 1.78. The lowest BCUT2D eigenvalue weighted by Crippen LogP contribution is -2.44. The maximum atomic E-state index is 14.3. The van der Waals surface area contributed by atoms with Crippen molar-refractivity contribution in [1.29, 1.82) is 0 Å². The molecule has 0 bridgehead atoms. The maximum absolute atomic E-state index is 14.3. The summed E-state index contributed by atoms with van der Waals surface area (Å²) in [6.45, 7) is 4.08. The summed E-state index contributed by atoms with van der Waals surface area (Å²) >= 11 is 0. The van der Waals surface area contributed by atoms with Crippen molar-refractivity contribution < 1.29 is 23.4 Å². The Morgan fingerprint density at radius 1 is 1.00 bits per heavy atom. The lowest BCUT2D eigenvalue weighted by molar-refractivity contribution is 0.0558. The predicted octanol–water partition coefficient (Wildman–Crippen LogP) is 3.41. The van der Waals surface area contributed by atoms with Crippen LogP contribution in [-0.2, 0) is 6.42 Å². The fourth-order valence-corrected chi connectivity index (χ4v) is 3.32. The number of halogens is 3. The van der Waals surface area contributed by atoms with Gasteiger partial charge in [-0.2, -0.15) is 0 Å². The number of aliphatic hydroxyl groups is 2.